The SMILES string of the molecule is C#Cc1cnc2c(Cl)cc(N[C@H](C3=CN(CC4(O)COC4)NN3)c3cccnc3)cc2c1N[C@H](CC)c1ccccc1. The van der Waals surface area contributed by atoms with E-state index in [-0.39, 0.29) is 12.1 Å². The molecule has 1 saturated heterocycles. The van der Waals surface area contributed by atoms with E-state index in [9.17, 15) is 5.11 Å². The second-order valence-electron chi connectivity index (χ2n) is 10.6. The Morgan fingerprint density at radius 2 is 1.95 bits per heavy atom. The molecule has 2 aliphatic rings. The van der Waals surface area contributed by atoms with Crippen LogP contribution in [0.4, 0.5) is 11.4 Å². The van der Waals surface area contributed by atoms with Gasteiger partial charge in [0.15, 0.2) is 0 Å². The molecule has 4 aromatic rings. The number of ether oxygens (including phenoxy) is 1. The molecule has 1 fully saturated rings. The van der Waals surface area contributed by atoms with Gasteiger partial charge < -0.3 is 25.9 Å². The molecule has 2 aliphatic heterocycles. The zero-order valence-corrected chi connectivity index (χ0v) is 23.9. The number of β-amino-alcohol motifs (C(OH)–C–C–N with tert-alkyl or cyclic N) is 1. The zero-order valence-electron chi connectivity index (χ0n) is 23.1. The Bertz CT molecular complexity index is 1640. The third-order valence-electron chi connectivity index (χ3n) is 7.49. The number of anilines is 2. The first-order valence-corrected chi connectivity index (χ1v) is 14.2. The van der Waals surface area contributed by atoms with Crippen LogP contribution in [0.15, 0.2) is 85.1 Å². The average Bonchev–Trinajstić information content (AvgIpc) is 3.46. The highest BCUT2D eigenvalue weighted by molar-refractivity contribution is 6.35. The van der Waals surface area contributed by atoms with Gasteiger partial charge in [0, 0.05) is 35.9 Å². The fourth-order valence-corrected chi connectivity index (χ4v) is 5.56. The van der Waals surface area contributed by atoms with Crippen molar-refractivity contribution in [2.45, 2.75) is 31.0 Å². The molecule has 10 heteroatoms. The summed E-state index contributed by atoms with van der Waals surface area (Å²) in [5.74, 6) is 2.79. The summed E-state index contributed by atoms with van der Waals surface area (Å²) in [6.45, 7) is 3.13. The van der Waals surface area contributed by atoms with Gasteiger partial charge in [-0.2, -0.15) is 0 Å². The molecule has 6 rings (SSSR count). The predicted molar refractivity (Wildman–Crippen MR) is 165 cm³/mol. The lowest BCUT2D eigenvalue weighted by Gasteiger charge is -2.38. The number of fused-ring (bicyclic) bond motifs is 1. The van der Waals surface area contributed by atoms with Crippen molar-refractivity contribution in [3.8, 4) is 12.3 Å². The standard InChI is InChI=1S/C32H32ClN7O2/c1-3-21-16-35-31-25(29(21)37-27(4-2)22-9-6-5-7-10-22)13-24(14-26(31)33)36-30(23-11-8-12-34-15-23)28-17-40(39-38-28)18-32(41)19-42-20-32/h1,5-17,27,30,36,38-39,41H,4,18-20H2,2H3,(H,35,37)/t27-,30+/m1/s1. The number of terminal acetylenes is 1. The molecule has 5 N–H and O–H groups in total. The molecule has 0 radical (unpaired) electrons. The van der Waals surface area contributed by atoms with Crippen LogP contribution >= 0.6 is 11.6 Å². The van der Waals surface area contributed by atoms with E-state index in [1.807, 2.05) is 59.9 Å². The first-order valence-electron chi connectivity index (χ1n) is 13.8. The van der Waals surface area contributed by atoms with E-state index in [2.05, 4.69) is 56.5 Å². The number of halogens is 1. The van der Waals surface area contributed by atoms with Crippen LogP contribution in [0.5, 0.6) is 0 Å². The summed E-state index contributed by atoms with van der Waals surface area (Å²) in [6, 6.07) is 17.8. The lowest BCUT2D eigenvalue weighted by Crippen LogP contribution is -2.58. The number of hydrazine groups is 2. The summed E-state index contributed by atoms with van der Waals surface area (Å²) in [5, 5.41) is 21.0. The van der Waals surface area contributed by atoms with Gasteiger partial charge in [-0.15, -0.1) is 12.0 Å². The van der Waals surface area contributed by atoms with Crippen LogP contribution in [0.3, 0.4) is 0 Å². The first-order chi connectivity index (χ1) is 20.5. The van der Waals surface area contributed by atoms with Gasteiger partial charge in [-0.25, -0.2) is 0 Å². The number of aliphatic hydroxyl groups is 1. The van der Waals surface area contributed by atoms with E-state index in [0.717, 1.165) is 34.4 Å². The number of nitrogens with zero attached hydrogens (tertiary/aromatic N) is 3. The second kappa shape index (κ2) is 11.9. The largest absolute Gasteiger partial charge is 0.383 e. The van der Waals surface area contributed by atoms with Crippen molar-refractivity contribution >= 4 is 33.9 Å². The van der Waals surface area contributed by atoms with Crippen LogP contribution < -0.4 is 21.6 Å². The third-order valence-corrected chi connectivity index (χ3v) is 7.78. The maximum Gasteiger partial charge on any atom is 0.130 e. The summed E-state index contributed by atoms with van der Waals surface area (Å²) in [7, 11) is 0. The van der Waals surface area contributed by atoms with Crippen LogP contribution in [0.25, 0.3) is 10.9 Å². The predicted octanol–water partition coefficient (Wildman–Crippen LogP) is 4.91. The smallest absolute Gasteiger partial charge is 0.130 e. The Morgan fingerprint density at radius 1 is 1.14 bits per heavy atom. The lowest BCUT2D eigenvalue weighted by molar-refractivity contribution is -0.186. The van der Waals surface area contributed by atoms with Crippen molar-refractivity contribution in [1.29, 1.82) is 0 Å². The van der Waals surface area contributed by atoms with Crippen LogP contribution in [-0.4, -0.2) is 45.4 Å². The maximum atomic E-state index is 10.6. The van der Waals surface area contributed by atoms with E-state index in [4.69, 9.17) is 22.8 Å². The van der Waals surface area contributed by atoms with Crippen LogP contribution in [0, 0.1) is 12.3 Å². The summed E-state index contributed by atoms with van der Waals surface area (Å²) in [5.41, 5.74) is 11.3. The van der Waals surface area contributed by atoms with Gasteiger partial charge >= 0.3 is 0 Å². The van der Waals surface area contributed by atoms with Gasteiger partial charge in [-0.3, -0.25) is 15.0 Å². The van der Waals surface area contributed by atoms with Crippen molar-refractivity contribution in [2.75, 3.05) is 30.4 Å². The zero-order chi connectivity index (χ0) is 29.1. The first kappa shape index (κ1) is 27.8. The van der Waals surface area contributed by atoms with Crippen molar-refractivity contribution in [2.24, 2.45) is 0 Å². The van der Waals surface area contributed by atoms with Gasteiger partial charge in [0.1, 0.15) is 5.60 Å². The van der Waals surface area contributed by atoms with E-state index in [1.165, 1.54) is 5.56 Å². The van der Waals surface area contributed by atoms with Gasteiger partial charge in [-0.05, 0) is 35.7 Å². The molecule has 42 heavy (non-hydrogen) atoms. The minimum Gasteiger partial charge on any atom is -0.383 e. The summed E-state index contributed by atoms with van der Waals surface area (Å²) in [4.78, 5) is 8.95. The van der Waals surface area contributed by atoms with Crippen molar-refractivity contribution < 1.29 is 9.84 Å². The molecule has 9 nitrogen and oxygen atoms in total. The number of pyridine rings is 2. The Hall–Kier alpha value is -4.33. The van der Waals surface area contributed by atoms with Crippen LogP contribution in [0.1, 0.15) is 42.1 Å². The molecule has 2 aromatic heterocycles. The normalized spacial score (nSPS) is 17.0. The van der Waals surface area contributed by atoms with Gasteiger partial charge in [0.25, 0.3) is 0 Å². The molecule has 0 unspecified atom stereocenters. The summed E-state index contributed by atoms with van der Waals surface area (Å²) >= 11 is 6.84. The average molecular weight is 582 g/mol. The number of aromatic nitrogens is 2. The van der Waals surface area contributed by atoms with Gasteiger partial charge in [-0.1, -0.05) is 60.8 Å². The summed E-state index contributed by atoms with van der Waals surface area (Å²) < 4.78 is 5.20. The molecule has 2 aromatic carbocycles. The Balaban J connectivity index is 1.37. The molecule has 0 saturated carbocycles. The topological polar surface area (TPSA) is 107 Å². The Labute approximate surface area is 249 Å². The lowest BCUT2D eigenvalue weighted by atomic mass is 10.0. The minimum atomic E-state index is -0.884. The molecule has 0 bridgehead atoms. The monoisotopic (exact) mass is 581 g/mol. The highest BCUT2D eigenvalue weighted by atomic mass is 35.5. The fraction of sp³-hybridized carbons (Fsp3) is 0.250. The van der Waals surface area contributed by atoms with E-state index >= 15 is 0 Å². The van der Waals surface area contributed by atoms with Gasteiger partial charge in [0.05, 0.1) is 59.3 Å². The van der Waals surface area contributed by atoms with E-state index in [0.29, 0.717) is 35.9 Å². The molecule has 0 aliphatic carbocycles. The molecule has 0 spiro atoms. The quantitative estimate of drug-likeness (QED) is 0.167. The molecule has 214 valence electrons. The molecular formula is C32H32ClN7O2. The van der Waals surface area contributed by atoms with Gasteiger partial charge in [0.2, 0.25) is 0 Å². The molecule has 2 atom stereocenters. The third kappa shape index (κ3) is 5.71. The molecule has 0 amide bonds. The molecular weight excluding hydrogens is 550 g/mol. The van der Waals surface area contributed by atoms with E-state index < -0.39 is 5.60 Å². The van der Waals surface area contributed by atoms with E-state index in [1.54, 1.807) is 12.4 Å². The minimum absolute atomic E-state index is 0.0446. The van der Waals surface area contributed by atoms with Crippen molar-refractivity contribution in [3.05, 3.63) is 107 Å². The second-order valence-corrected chi connectivity index (χ2v) is 11.0. The Kier molecular flexibility index (Phi) is 7.87. The number of nitrogens with one attached hydrogen (secondary N) is 4. The van der Waals surface area contributed by atoms with Crippen LogP contribution in [-0.2, 0) is 4.74 Å². The Morgan fingerprint density at radius 3 is 2.64 bits per heavy atom. The molecule has 4 heterocycles. The number of benzene rings is 2. The maximum absolute atomic E-state index is 10.6. The fourth-order valence-electron chi connectivity index (χ4n) is 5.29. The van der Waals surface area contributed by atoms with Crippen molar-refractivity contribution in [3.63, 3.8) is 0 Å². The number of rotatable bonds is 10. The highest BCUT2D eigenvalue weighted by Crippen LogP contribution is 2.37. The summed E-state index contributed by atoms with van der Waals surface area (Å²) in [6.07, 6.45) is 14.0. The number of hydrogen-bond donors (Lipinski definition) is 5. The highest BCUT2D eigenvalue weighted by Gasteiger charge is 2.38. The van der Waals surface area contributed by atoms with Crippen LogP contribution in [0.2, 0.25) is 5.02 Å². The number of hydrogen-bond acceptors (Lipinski definition) is 9. The van der Waals surface area contributed by atoms with Crippen molar-refractivity contribution in [1.82, 2.24) is 25.9 Å².